The number of fused-ring (bicyclic) bond motifs is 1. The minimum Gasteiger partial charge on any atom is -0.481 e. The molecule has 4 rings (SSSR count). The number of allylic oxidation sites excluding steroid dienone is 2. The Morgan fingerprint density at radius 3 is 2.08 bits per heavy atom. The second-order valence-corrected chi connectivity index (χ2v) is 9.14. The van der Waals surface area contributed by atoms with E-state index in [1.807, 2.05) is 12.1 Å². The van der Waals surface area contributed by atoms with Gasteiger partial charge in [-0.15, -0.1) is 13.2 Å². The molecule has 1 amide bonds. The van der Waals surface area contributed by atoms with Crippen LogP contribution in [0.2, 0.25) is 0 Å². The van der Waals surface area contributed by atoms with Gasteiger partial charge in [-0.05, 0) is 78.4 Å². The van der Waals surface area contributed by atoms with Crippen LogP contribution in [0.3, 0.4) is 0 Å². The molecule has 0 aliphatic heterocycles. The molecular weight excluding hydrogens is 527 g/mol. The van der Waals surface area contributed by atoms with E-state index in [1.54, 1.807) is 6.07 Å². The number of ether oxygens (including phenoxy) is 1. The number of hydrogen-bond acceptors (Lipinski definition) is 5. The van der Waals surface area contributed by atoms with Gasteiger partial charge < -0.3 is 15.2 Å². The molecule has 0 bridgehead atoms. The number of halogens is 3. The second kappa shape index (κ2) is 12.0. The lowest BCUT2D eigenvalue weighted by Gasteiger charge is -2.11. The first-order valence-electron chi connectivity index (χ1n) is 12.4. The number of Topliss-reactive ketones (excluding diaryl/α,β-unsaturated/α-hetero) is 1. The van der Waals surface area contributed by atoms with Crippen LogP contribution in [0.4, 0.5) is 13.2 Å². The third-order valence-corrected chi connectivity index (χ3v) is 6.34. The molecule has 0 radical (unpaired) electrons. The molecule has 3 aromatic carbocycles. The largest absolute Gasteiger partial charge is 0.573 e. The number of alkyl halides is 3. The lowest BCUT2D eigenvalue weighted by Crippen LogP contribution is -2.26. The van der Waals surface area contributed by atoms with Crippen molar-refractivity contribution in [1.82, 2.24) is 5.32 Å². The van der Waals surface area contributed by atoms with Gasteiger partial charge in [0.1, 0.15) is 5.75 Å². The lowest BCUT2D eigenvalue weighted by atomic mass is 9.92. The van der Waals surface area contributed by atoms with Crippen LogP contribution in [0.1, 0.15) is 60.6 Å². The molecule has 0 spiro atoms. The summed E-state index contributed by atoms with van der Waals surface area (Å²) in [6.07, 6.45) is -1.20. The molecule has 1 aliphatic rings. The van der Waals surface area contributed by atoms with Gasteiger partial charge in [0.25, 0.3) is 5.91 Å². The molecule has 0 saturated heterocycles. The van der Waals surface area contributed by atoms with E-state index in [0.29, 0.717) is 5.56 Å². The Balaban J connectivity index is 1.62. The van der Waals surface area contributed by atoms with Crippen LogP contribution < -0.4 is 10.1 Å². The van der Waals surface area contributed by atoms with E-state index in [0.717, 1.165) is 43.0 Å². The van der Waals surface area contributed by atoms with Crippen molar-refractivity contribution < 1.29 is 42.2 Å². The summed E-state index contributed by atoms with van der Waals surface area (Å²) in [5.41, 5.74) is 3.35. The zero-order chi connectivity index (χ0) is 28.9. The maximum absolute atomic E-state index is 13.6. The Bertz CT molecular complexity index is 1470. The monoisotopic (exact) mass is 551 g/mol. The van der Waals surface area contributed by atoms with E-state index in [-0.39, 0.29) is 35.2 Å². The Hall–Kier alpha value is -4.73. The molecule has 10 heteroatoms. The van der Waals surface area contributed by atoms with Crippen molar-refractivity contribution in [2.45, 2.75) is 32.0 Å². The number of carbonyl (C=O) groups is 4. The maximum Gasteiger partial charge on any atom is 0.573 e. The average molecular weight is 552 g/mol. The smallest absolute Gasteiger partial charge is 0.481 e. The van der Waals surface area contributed by atoms with Gasteiger partial charge in [-0.2, -0.15) is 0 Å². The van der Waals surface area contributed by atoms with E-state index in [2.05, 4.69) is 10.1 Å². The predicted molar refractivity (Wildman–Crippen MR) is 139 cm³/mol. The van der Waals surface area contributed by atoms with Crippen molar-refractivity contribution in [3.8, 4) is 5.75 Å². The fraction of sp³-hybridized carbons (Fsp3) is 0.200. The first-order valence-corrected chi connectivity index (χ1v) is 12.4. The second-order valence-electron chi connectivity index (χ2n) is 9.14. The highest BCUT2D eigenvalue weighted by molar-refractivity contribution is 6.32. The minimum absolute atomic E-state index is 0.0501. The number of benzene rings is 3. The summed E-state index contributed by atoms with van der Waals surface area (Å²) in [5.74, 6) is -3.09. The molecule has 40 heavy (non-hydrogen) atoms. The fourth-order valence-electron chi connectivity index (χ4n) is 4.37. The fourth-order valence-corrected chi connectivity index (χ4v) is 4.37. The molecule has 206 valence electrons. The third kappa shape index (κ3) is 7.22. The van der Waals surface area contributed by atoms with Gasteiger partial charge in [-0.1, -0.05) is 30.3 Å². The number of aliphatic carboxylic acids is 1. The summed E-state index contributed by atoms with van der Waals surface area (Å²) < 4.78 is 41.3. The van der Waals surface area contributed by atoms with Gasteiger partial charge in [-0.25, -0.2) is 0 Å². The third-order valence-electron chi connectivity index (χ3n) is 6.34. The number of aryl methyl sites for hydroxylation is 2. The highest BCUT2D eigenvalue weighted by Gasteiger charge is 2.31. The van der Waals surface area contributed by atoms with Gasteiger partial charge in [-0.3, -0.25) is 19.2 Å². The van der Waals surface area contributed by atoms with Crippen LogP contribution in [0.15, 0.2) is 72.8 Å². The molecule has 0 aromatic heterocycles. The van der Waals surface area contributed by atoms with Crippen molar-refractivity contribution in [2.75, 3.05) is 6.54 Å². The van der Waals surface area contributed by atoms with E-state index >= 15 is 0 Å². The summed E-state index contributed by atoms with van der Waals surface area (Å²) in [7, 11) is 0. The number of rotatable bonds is 10. The molecule has 0 fully saturated rings. The van der Waals surface area contributed by atoms with E-state index in [9.17, 15) is 32.3 Å². The van der Waals surface area contributed by atoms with Crippen LogP contribution in [0.5, 0.6) is 5.75 Å². The number of carboxylic acid groups (broad SMARTS) is 1. The number of carboxylic acids is 1. The van der Waals surface area contributed by atoms with Crippen LogP contribution in [-0.2, 0) is 17.6 Å². The number of ketones is 2. The number of amides is 1. The summed E-state index contributed by atoms with van der Waals surface area (Å²) in [5, 5.41) is 11.2. The summed E-state index contributed by atoms with van der Waals surface area (Å²) >= 11 is 0. The summed E-state index contributed by atoms with van der Waals surface area (Å²) in [6.45, 7) is -0.0501. The molecule has 2 N–H and O–H groups in total. The minimum atomic E-state index is -4.87. The van der Waals surface area contributed by atoms with Crippen molar-refractivity contribution in [3.63, 3.8) is 0 Å². The van der Waals surface area contributed by atoms with Crippen LogP contribution in [-0.4, -0.2) is 41.5 Å². The van der Waals surface area contributed by atoms with E-state index in [4.69, 9.17) is 5.11 Å². The quantitative estimate of drug-likeness (QED) is 0.257. The zero-order valence-electron chi connectivity index (χ0n) is 21.1. The van der Waals surface area contributed by atoms with E-state index < -0.39 is 35.6 Å². The normalized spacial score (nSPS) is 12.9. The molecule has 0 unspecified atom stereocenters. The highest BCUT2D eigenvalue weighted by Crippen LogP contribution is 2.29. The Morgan fingerprint density at radius 1 is 0.825 bits per heavy atom. The lowest BCUT2D eigenvalue weighted by molar-refractivity contribution is -0.274. The standard InChI is InChI=1S/C30H24F3NO6/c31-30(32,33)40-24-12-10-19(11-13-24)26(35)17-25(23-9-4-18-2-1-3-22(18)16-23)28(38)20-5-7-21(8-6-20)29(39)34-15-14-27(36)37/h4-13,16-17H,1-3,14-15H2,(H,34,39)(H,36,37). The molecule has 7 nitrogen and oxygen atoms in total. The Labute approximate surface area is 227 Å². The van der Waals surface area contributed by atoms with Crippen LogP contribution in [0.25, 0.3) is 5.57 Å². The van der Waals surface area contributed by atoms with Crippen LogP contribution >= 0.6 is 0 Å². The molecule has 1 aliphatic carbocycles. The van der Waals surface area contributed by atoms with Crippen molar-refractivity contribution >= 4 is 29.0 Å². The molecular formula is C30H24F3NO6. The van der Waals surface area contributed by atoms with Crippen molar-refractivity contribution in [3.05, 3.63) is 106 Å². The van der Waals surface area contributed by atoms with E-state index in [1.165, 1.54) is 42.0 Å². The molecule has 0 saturated carbocycles. The maximum atomic E-state index is 13.6. The summed E-state index contributed by atoms with van der Waals surface area (Å²) in [6, 6.07) is 15.7. The molecule has 0 atom stereocenters. The number of carbonyl (C=O) groups excluding carboxylic acids is 3. The average Bonchev–Trinajstić information content (AvgIpc) is 3.38. The topological polar surface area (TPSA) is 110 Å². The van der Waals surface area contributed by atoms with Gasteiger partial charge in [0.15, 0.2) is 11.6 Å². The first kappa shape index (κ1) is 28.3. The van der Waals surface area contributed by atoms with Crippen LogP contribution in [0, 0.1) is 0 Å². The SMILES string of the molecule is O=C(O)CCNC(=O)c1ccc(C(=O)C(=CC(=O)c2ccc(OC(F)(F)F)cc2)c2ccc3c(c2)CCC3)cc1. The van der Waals surface area contributed by atoms with Gasteiger partial charge in [0.2, 0.25) is 0 Å². The molecule has 0 heterocycles. The zero-order valence-corrected chi connectivity index (χ0v) is 21.1. The first-order chi connectivity index (χ1) is 19.0. The van der Waals surface area contributed by atoms with Crippen molar-refractivity contribution in [2.24, 2.45) is 0 Å². The molecule has 3 aromatic rings. The van der Waals surface area contributed by atoms with Gasteiger partial charge in [0.05, 0.1) is 6.42 Å². The highest BCUT2D eigenvalue weighted by atomic mass is 19.4. The predicted octanol–water partition coefficient (Wildman–Crippen LogP) is 5.43. The Kier molecular flexibility index (Phi) is 8.47. The number of nitrogens with one attached hydrogen (secondary N) is 1. The number of hydrogen-bond donors (Lipinski definition) is 2. The van der Waals surface area contributed by atoms with Gasteiger partial charge >= 0.3 is 12.3 Å². The van der Waals surface area contributed by atoms with Gasteiger partial charge in [0, 0.05) is 28.8 Å². The summed E-state index contributed by atoms with van der Waals surface area (Å²) in [4.78, 5) is 49.6. The van der Waals surface area contributed by atoms with Crippen molar-refractivity contribution in [1.29, 1.82) is 0 Å². The Morgan fingerprint density at radius 2 is 1.43 bits per heavy atom.